The van der Waals surface area contributed by atoms with Gasteiger partial charge in [0.05, 0.1) is 18.8 Å². The molecule has 0 fully saturated rings. The van der Waals surface area contributed by atoms with Gasteiger partial charge in [-0.2, -0.15) is 0 Å². The normalized spacial score (nSPS) is 17.0. The highest BCUT2D eigenvalue weighted by atomic mass is 127. The molecule has 1 unspecified atom stereocenters. The molecule has 24 heavy (non-hydrogen) atoms. The Morgan fingerprint density at radius 3 is 2.88 bits per heavy atom. The molecule has 3 rings (SSSR count). The van der Waals surface area contributed by atoms with E-state index in [0.29, 0.717) is 18.4 Å². The number of benzene rings is 1. The van der Waals surface area contributed by atoms with Crippen molar-refractivity contribution in [1.82, 2.24) is 14.9 Å². The first kappa shape index (κ1) is 17.6. The van der Waals surface area contributed by atoms with Crippen LogP contribution in [0.25, 0.3) is 0 Å². The fourth-order valence-corrected chi connectivity index (χ4v) is 4.18. The van der Waals surface area contributed by atoms with Gasteiger partial charge in [0.25, 0.3) is 0 Å². The number of hydrogen-bond acceptors (Lipinski definition) is 3. The highest BCUT2D eigenvalue weighted by molar-refractivity contribution is 14.1. The maximum absolute atomic E-state index is 14.1. The van der Waals surface area contributed by atoms with Crippen LogP contribution in [0.2, 0.25) is 0 Å². The van der Waals surface area contributed by atoms with Crippen molar-refractivity contribution >= 4 is 22.6 Å². The fraction of sp³-hybridized carbons (Fsp3) is 0.471. The molecule has 1 aliphatic rings. The zero-order chi connectivity index (χ0) is 17.3. The molecule has 130 valence electrons. The van der Waals surface area contributed by atoms with E-state index in [4.69, 9.17) is 4.74 Å². The van der Waals surface area contributed by atoms with Gasteiger partial charge in [0.2, 0.25) is 0 Å². The third-order valence-electron chi connectivity index (χ3n) is 4.44. The van der Waals surface area contributed by atoms with Crippen LogP contribution in [0.4, 0.5) is 8.78 Å². The lowest BCUT2D eigenvalue weighted by atomic mass is 10.0. The summed E-state index contributed by atoms with van der Waals surface area (Å²) in [6.45, 7) is 3.85. The van der Waals surface area contributed by atoms with Crippen molar-refractivity contribution < 1.29 is 13.5 Å². The smallest absolute Gasteiger partial charge is 0.165 e. The Hall–Kier alpha value is -1.22. The van der Waals surface area contributed by atoms with Gasteiger partial charge in [-0.1, -0.05) is 6.92 Å². The summed E-state index contributed by atoms with van der Waals surface area (Å²) in [7, 11) is 1.33. The van der Waals surface area contributed by atoms with E-state index < -0.39 is 11.6 Å². The van der Waals surface area contributed by atoms with Crippen molar-refractivity contribution in [3.05, 3.63) is 44.5 Å². The number of methoxy groups -OCH3 is 1. The van der Waals surface area contributed by atoms with Gasteiger partial charge in [0, 0.05) is 25.6 Å². The summed E-state index contributed by atoms with van der Waals surface area (Å²) in [5.41, 5.74) is 1.53. The van der Waals surface area contributed by atoms with Crippen LogP contribution in [0.5, 0.6) is 5.75 Å². The molecule has 0 aliphatic carbocycles. The van der Waals surface area contributed by atoms with Crippen LogP contribution in [0.3, 0.4) is 0 Å². The van der Waals surface area contributed by atoms with Crippen molar-refractivity contribution in [3.63, 3.8) is 0 Å². The molecule has 1 aliphatic heterocycles. The highest BCUT2D eigenvalue weighted by Gasteiger charge is 2.26. The Balaban J connectivity index is 1.80. The first-order chi connectivity index (χ1) is 11.5. The lowest BCUT2D eigenvalue weighted by Gasteiger charge is -2.27. The Kier molecular flexibility index (Phi) is 5.39. The summed E-state index contributed by atoms with van der Waals surface area (Å²) in [6.07, 6.45) is 2.03. The Morgan fingerprint density at radius 2 is 2.17 bits per heavy atom. The van der Waals surface area contributed by atoms with E-state index in [1.165, 1.54) is 13.2 Å². The largest absolute Gasteiger partial charge is 0.494 e. The predicted octanol–water partition coefficient (Wildman–Crippen LogP) is 3.61. The molecule has 4 nitrogen and oxygen atoms in total. The second-order valence-corrected chi connectivity index (χ2v) is 6.85. The first-order valence-corrected chi connectivity index (χ1v) is 9.13. The molecule has 2 heterocycles. The Labute approximate surface area is 153 Å². The third kappa shape index (κ3) is 3.28. The molecule has 0 saturated carbocycles. The molecule has 0 spiro atoms. The molecule has 1 atom stereocenters. The van der Waals surface area contributed by atoms with Crippen LogP contribution in [-0.2, 0) is 19.4 Å². The standard InChI is InChI=1S/C17H20F2IN3O/c1-3-15-22-17(20)16-13(21-6-7-23(15)16)5-4-10-8-12(19)14(24-2)9-11(10)18/h8-9,13,21H,3-7H2,1-2H3. The molecular formula is C17H20F2IN3O. The molecule has 1 N–H and O–H groups in total. The Bertz CT molecular complexity index is 748. The topological polar surface area (TPSA) is 39.1 Å². The lowest BCUT2D eigenvalue weighted by Crippen LogP contribution is -2.34. The van der Waals surface area contributed by atoms with E-state index in [9.17, 15) is 8.78 Å². The van der Waals surface area contributed by atoms with E-state index in [0.717, 1.165) is 40.8 Å². The Morgan fingerprint density at radius 1 is 1.38 bits per heavy atom. The number of hydrogen-bond donors (Lipinski definition) is 1. The molecule has 1 aromatic heterocycles. The maximum atomic E-state index is 14.1. The van der Waals surface area contributed by atoms with Gasteiger partial charge >= 0.3 is 0 Å². The van der Waals surface area contributed by atoms with E-state index in [-0.39, 0.29) is 11.8 Å². The minimum atomic E-state index is -0.529. The van der Waals surface area contributed by atoms with E-state index >= 15 is 0 Å². The van der Waals surface area contributed by atoms with Crippen molar-refractivity contribution in [2.75, 3.05) is 13.7 Å². The summed E-state index contributed by atoms with van der Waals surface area (Å²) >= 11 is 2.26. The number of rotatable bonds is 5. The average Bonchev–Trinajstić information content (AvgIpc) is 2.92. The minimum absolute atomic E-state index is 0.0627. The van der Waals surface area contributed by atoms with Gasteiger partial charge in [-0.05, 0) is 47.1 Å². The van der Waals surface area contributed by atoms with Gasteiger partial charge in [0.15, 0.2) is 11.6 Å². The van der Waals surface area contributed by atoms with Crippen LogP contribution in [-0.4, -0.2) is 23.2 Å². The first-order valence-electron chi connectivity index (χ1n) is 8.05. The van der Waals surface area contributed by atoms with Gasteiger partial charge in [-0.15, -0.1) is 0 Å². The van der Waals surface area contributed by atoms with Crippen LogP contribution >= 0.6 is 22.6 Å². The number of aryl methyl sites for hydroxylation is 2. The molecule has 2 aromatic rings. The van der Waals surface area contributed by atoms with Gasteiger partial charge in [-0.3, -0.25) is 0 Å². The quantitative estimate of drug-likeness (QED) is 0.713. The van der Waals surface area contributed by atoms with Crippen molar-refractivity contribution in [1.29, 1.82) is 0 Å². The van der Waals surface area contributed by atoms with Crippen molar-refractivity contribution in [2.24, 2.45) is 0 Å². The molecular weight excluding hydrogens is 427 g/mol. The van der Waals surface area contributed by atoms with Crippen LogP contribution in [0.1, 0.15) is 36.5 Å². The molecule has 0 saturated heterocycles. The minimum Gasteiger partial charge on any atom is -0.494 e. The maximum Gasteiger partial charge on any atom is 0.165 e. The highest BCUT2D eigenvalue weighted by Crippen LogP contribution is 2.29. The van der Waals surface area contributed by atoms with Crippen LogP contribution < -0.4 is 10.1 Å². The van der Waals surface area contributed by atoms with Gasteiger partial charge in [-0.25, -0.2) is 13.8 Å². The summed E-state index contributed by atoms with van der Waals surface area (Å²) in [6, 6.07) is 2.45. The molecule has 7 heteroatoms. The average molecular weight is 447 g/mol. The predicted molar refractivity (Wildman–Crippen MR) is 96.3 cm³/mol. The number of ether oxygens (including phenoxy) is 1. The van der Waals surface area contributed by atoms with Gasteiger partial charge < -0.3 is 14.6 Å². The zero-order valence-electron chi connectivity index (χ0n) is 13.7. The van der Waals surface area contributed by atoms with E-state index in [1.54, 1.807) is 0 Å². The SMILES string of the molecule is CCc1nc(I)c2n1CCNC2CCc1cc(F)c(OC)cc1F. The summed E-state index contributed by atoms with van der Waals surface area (Å²) in [5, 5.41) is 3.47. The second kappa shape index (κ2) is 7.35. The number of nitrogens with zero attached hydrogens (tertiary/aromatic N) is 2. The van der Waals surface area contributed by atoms with E-state index in [1.807, 2.05) is 0 Å². The van der Waals surface area contributed by atoms with Gasteiger partial charge in [0.1, 0.15) is 15.3 Å². The van der Waals surface area contributed by atoms with Crippen molar-refractivity contribution in [3.8, 4) is 5.75 Å². The number of imidazole rings is 1. The molecule has 0 radical (unpaired) electrons. The zero-order valence-corrected chi connectivity index (χ0v) is 15.9. The number of halogens is 3. The van der Waals surface area contributed by atoms with Crippen LogP contribution in [0.15, 0.2) is 12.1 Å². The summed E-state index contributed by atoms with van der Waals surface area (Å²) < 4.78 is 36.0. The summed E-state index contributed by atoms with van der Waals surface area (Å²) in [4.78, 5) is 4.63. The third-order valence-corrected chi connectivity index (χ3v) is 5.23. The van der Waals surface area contributed by atoms with Crippen molar-refractivity contribution in [2.45, 2.75) is 38.8 Å². The van der Waals surface area contributed by atoms with E-state index in [2.05, 4.69) is 44.4 Å². The molecule has 0 amide bonds. The molecule has 1 aromatic carbocycles. The number of fused-ring (bicyclic) bond motifs is 1. The second-order valence-electron chi connectivity index (χ2n) is 5.83. The fourth-order valence-electron chi connectivity index (χ4n) is 3.24. The summed E-state index contributed by atoms with van der Waals surface area (Å²) in [5.74, 6) is 0.0646. The molecule has 0 bridgehead atoms. The monoisotopic (exact) mass is 447 g/mol. The number of aromatic nitrogens is 2. The number of nitrogens with one attached hydrogen (secondary N) is 1. The lowest BCUT2D eigenvalue weighted by molar-refractivity contribution is 0.379. The van der Waals surface area contributed by atoms with Crippen LogP contribution in [0, 0.1) is 15.3 Å².